The summed E-state index contributed by atoms with van der Waals surface area (Å²) in [6, 6.07) is 11.8. The van der Waals surface area contributed by atoms with E-state index < -0.39 is 18.0 Å². The van der Waals surface area contributed by atoms with Crippen LogP contribution in [0.5, 0.6) is 5.75 Å². The number of nitrogen functional groups attached to an aromatic ring is 2. The van der Waals surface area contributed by atoms with Crippen molar-refractivity contribution in [2.45, 2.75) is 77.2 Å². The van der Waals surface area contributed by atoms with Gasteiger partial charge in [-0.2, -0.15) is 8.78 Å². The Labute approximate surface area is 219 Å². The molecule has 202 valence electrons. The zero-order chi connectivity index (χ0) is 26.7. The van der Waals surface area contributed by atoms with Crippen molar-refractivity contribution in [3.05, 3.63) is 59.7 Å². The lowest BCUT2D eigenvalue weighted by Crippen LogP contribution is -2.37. The maximum atomic E-state index is 14.7. The predicted octanol–water partition coefficient (Wildman–Crippen LogP) is 7.40. The molecule has 1 saturated carbocycles. The molecule has 0 unspecified atom stereocenters. The Morgan fingerprint density at radius 3 is 2.43 bits per heavy atom. The van der Waals surface area contributed by atoms with E-state index in [4.69, 9.17) is 20.9 Å². The highest BCUT2D eigenvalue weighted by Gasteiger charge is 2.43. The van der Waals surface area contributed by atoms with Gasteiger partial charge in [0.1, 0.15) is 5.75 Å². The number of ether oxygens (including phenoxy) is 2. The van der Waals surface area contributed by atoms with E-state index in [9.17, 15) is 13.6 Å². The first-order valence-electron chi connectivity index (χ1n) is 13.4. The second-order valence-corrected chi connectivity index (χ2v) is 10.0. The fraction of sp³-hybridized carbons (Fsp3) is 0.500. The molecule has 37 heavy (non-hydrogen) atoms. The van der Waals surface area contributed by atoms with Gasteiger partial charge in [-0.25, -0.2) is 4.79 Å². The van der Waals surface area contributed by atoms with Crippen LogP contribution in [0, 0.1) is 11.8 Å². The van der Waals surface area contributed by atoms with Crippen LogP contribution in [0.1, 0.15) is 75.8 Å². The Bertz CT molecular complexity index is 1020. The van der Waals surface area contributed by atoms with Crippen molar-refractivity contribution in [3.8, 4) is 5.75 Å². The molecule has 5 nitrogen and oxygen atoms in total. The molecule has 7 heteroatoms. The van der Waals surface area contributed by atoms with E-state index in [2.05, 4.69) is 6.92 Å². The summed E-state index contributed by atoms with van der Waals surface area (Å²) in [5.41, 5.74) is 14.7. The average Bonchev–Trinajstić information content (AvgIpc) is 2.88. The van der Waals surface area contributed by atoms with Crippen LogP contribution in [-0.4, -0.2) is 18.7 Å². The van der Waals surface area contributed by atoms with Gasteiger partial charge in [0.05, 0.1) is 12.5 Å². The minimum Gasteiger partial charge on any atom is -0.463 e. The number of alkyl halides is 2. The summed E-state index contributed by atoms with van der Waals surface area (Å²) in [4.78, 5) is 12.0. The average molecular weight is 515 g/mol. The van der Waals surface area contributed by atoms with Crippen LogP contribution in [0.25, 0.3) is 6.08 Å². The molecule has 0 bridgehead atoms. The maximum absolute atomic E-state index is 14.7. The first-order valence-corrected chi connectivity index (χ1v) is 13.4. The number of nitrogens with two attached hydrogens (primary N) is 2. The summed E-state index contributed by atoms with van der Waals surface area (Å²) in [6.45, 7) is 2.46. The van der Waals surface area contributed by atoms with Gasteiger partial charge in [-0.15, -0.1) is 0 Å². The maximum Gasteiger partial charge on any atom is 0.400 e. The zero-order valence-corrected chi connectivity index (χ0v) is 21.8. The van der Waals surface area contributed by atoms with Gasteiger partial charge in [-0.1, -0.05) is 44.4 Å². The summed E-state index contributed by atoms with van der Waals surface area (Å²) in [7, 11) is 0. The number of anilines is 2. The molecule has 1 fully saturated rings. The standard InChI is InChI=1S/C30H40F2N2O3/c1-2-3-6-22-8-14-25(15-9-22)30(31,32)37-27-17-10-23(11-18-27)12-19-29(35)36-20-5-4-7-24-13-16-26(33)21-28(24)34/h10-13,16-19,21-22,25H,2-9,14-15,20,33-34H2,1H3/b19-12+. The first kappa shape index (κ1) is 28.5. The van der Waals surface area contributed by atoms with Crippen molar-refractivity contribution in [1.82, 2.24) is 0 Å². The highest BCUT2D eigenvalue weighted by molar-refractivity contribution is 5.87. The lowest BCUT2D eigenvalue weighted by atomic mass is 9.79. The van der Waals surface area contributed by atoms with Crippen LogP contribution >= 0.6 is 0 Å². The molecule has 1 aliphatic rings. The highest BCUT2D eigenvalue weighted by atomic mass is 19.3. The summed E-state index contributed by atoms with van der Waals surface area (Å²) in [5.74, 6) is -0.504. The summed E-state index contributed by atoms with van der Waals surface area (Å²) in [6.07, 6.45) is 8.22. The third-order valence-corrected chi connectivity index (χ3v) is 7.09. The van der Waals surface area contributed by atoms with Gasteiger partial charge in [-0.05, 0) is 92.3 Å². The van der Waals surface area contributed by atoms with Gasteiger partial charge in [-0.3, -0.25) is 0 Å². The molecule has 0 aromatic heterocycles. The van der Waals surface area contributed by atoms with Crippen molar-refractivity contribution in [3.63, 3.8) is 0 Å². The molecule has 2 aromatic carbocycles. The van der Waals surface area contributed by atoms with Crippen LogP contribution in [0.2, 0.25) is 0 Å². The van der Waals surface area contributed by atoms with Gasteiger partial charge < -0.3 is 20.9 Å². The number of benzene rings is 2. The van der Waals surface area contributed by atoms with Crippen LogP contribution in [0.15, 0.2) is 48.5 Å². The molecule has 4 N–H and O–H groups in total. The number of rotatable bonds is 13. The number of unbranched alkanes of at least 4 members (excludes halogenated alkanes) is 2. The molecule has 0 aliphatic heterocycles. The number of hydrogen-bond acceptors (Lipinski definition) is 5. The summed E-state index contributed by atoms with van der Waals surface area (Å²) in [5, 5.41) is 0. The lowest BCUT2D eigenvalue weighted by molar-refractivity contribution is -0.223. The van der Waals surface area contributed by atoms with Gasteiger partial charge in [0, 0.05) is 17.5 Å². The molecule has 0 spiro atoms. The van der Waals surface area contributed by atoms with Crippen molar-refractivity contribution in [2.24, 2.45) is 11.8 Å². The van der Waals surface area contributed by atoms with E-state index >= 15 is 0 Å². The number of hydrogen-bond donors (Lipinski definition) is 2. The lowest BCUT2D eigenvalue weighted by Gasteiger charge is -2.33. The van der Waals surface area contributed by atoms with E-state index in [1.165, 1.54) is 24.6 Å². The van der Waals surface area contributed by atoms with Crippen molar-refractivity contribution in [2.75, 3.05) is 18.1 Å². The third-order valence-electron chi connectivity index (χ3n) is 7.09. The topological polar surface area (TPSA) is 87.6 Å². The van der Waals surface area contributed by atoms with Crippen LogP contribution in [0.4, 0.5) is 20.2 Å². The Morgan fingerprint density at radius 2 is 1.76 bits per heavy atom. The number of aryl methyl sites for hydroxylation is 1. The van der Waals surface area contributed by atoms with E-state index in [0.29, 0.717) is 48.7 Å². The van der Waals surface area contributed by atoms with Crippen molar-refractivity contribution >= 4 is 23.4 Å². The Hall–Kier alpha value is -3.09. The quantitative estimate of drug-likeness (QED) is 0.126. The molecule has 0 radical (unpaired) electrons. The normalized spacial score (nSPS) is 18.1. The Balaban J connectivity index is 1.37. The van der Waals surface area contributed by atoms with Gasteiger partial charge >= 0.3 is 12.1 Å². The van der Waals surface area contributed by atoms with E-state index in [1.54, 1.807) is 24.3 Å². The van der Waals surface area contributed by atoms with E-state index in [0.717, 1.165) is 44.1 Å². The highest BCUT2D eigenvalue weighted by Crippen LogP contribution is 2.41. The Morgan fingerprint density at radius 1 is 1.03 bits per heavy atom. The Kier molecular flexibility index (Phi) is 10.8. The number of carbonyl (C=O) groups is 1. The molecular formula is C30H40F2N2O3. The van der Waals surface area contributed by atoms with Gasteiger partial charge in [0.25, 0.3) is 0 Å². The van der Waals surface area contributed by atoms with Gasteiger partial charge in [0.2, 0.25) is 0 Å². The van der Waals surface area contributed by atoms with Crippen LogP contribution < -0.4 is 16.2 Å². The molecule has 0 atom stereocenters. The molecule has 2 aromatic rings. The van der Waals surface area contributed by atoms with Crippen molar-refractivity contribution < 1.29 is 23.0 Å². The first-order chi connectivity index (χ1) is 17.8. The number of carbonyl (C=O) groups excluding carboxylic acids is 1. The minimum atomic E-state index is -3.18. The molecule has 0 heterocycles. The molecule has 3 rings (SSSR count). The number of esters is 1. The van der Waals surface area contributed by atoms with E-state index in [1.807, 2.05) is 12.1 Å². The smallest absolute Gasteiger partial charge is 0.400 e. The summed E-state index contributed by atoms with van der Waals surface area (Å²) < 4.78 is 39.8. The van der Waals surface area contributed by atoms with Crippen molar-refractivity contribution in [1.29, 1.82) is 0 Å². The zero-order valence-electron chi connectivity index (χ0n) is 21.8. The number of halogens is 2. The third kappa shape index (κ3) is 9.38. The largest absolute Gasteiger partial charge is 0.463 e. The second kappa shape index (κ2) is 14.0. The second-order valence-electron chi connectivity index (χ2n) is 10.0. The molecule has 0 amide bonds. The monoisotopic (exact) mass is 514 g/mol. The van der Waals surface area contributed by atoms with E-state index in [-0.39, 0.29) is 5.75 Å². The van der Waals surface area contributed by atoms with Crippen LogP contribution in [-0.2, 0) is 16.0 Å². The molecule has 0 saturated heterocycles. The minimum absolute atomic E-state index is 0.125. The fourth-order valence-electron chi connectivity index (χ4n) is 4.81. The summed E-state index contributed by atoms with van der Waals surface area (Å²) >= 11 is 0. The van der Waals surface area contributed by atoms with Crippen LogP contribution in [0.3, 0.4) is 0 Å². The van der Waals surface area contributed by atoms with Gasteiger partial charge in [0.15, 0.2) is 0 Å². The molecular weight excluding hydrogens is 474 g/mol. The molecule has 1 aliphatic carbocycles. The predicted molar refractivity (Wildman–Crippen MR) is 145 cm³/mol. The SMILES string of the molecule is CCCCC1CCC(C(F)(F)Oc2ccc(/C=C/C(=O)OCCCCc3ccc(N)cc3N)cc2)CC1. The fourth-order valence-corrected chi connectivity index (χ4v) is 4.81.